The van der Waals surface area contributed by atoms with Gasteiger partial charge in [-0.25, -0.2) is 56.9 Å². The summed E-state index contributed by atoms with van der Waals surface area (Å²) in [4.78, 5) is 88.3. The fourth-order valence-electron chi connectivity index (χ4n) is 6.55. The molecule has 0 saturated heterocycles. The van der Waals surface area contributed by atoms with Crippen molar-refractivity contribution < 1.29 is 91.0 Å². The molecule has 0 saturated carbocycles. The number of aryl methyl sites for hydroxylation is 1. The second-order valence-electron chi connectivity index (χ2n) is 18.2. The monoisotopic (exact) mass is 2460 g/mol. The number of aromatic carboxylic acids is 1. The lowest BCUT2D eigenvalue weighted by Crippen LogP contribution is -2.39. The molecule has 0 spiro atoms. The van der Waals surface area contributed by atoms with E-state index in [0.29, 0.717) is 15.3 Å². The Hall–Kier alpha value is -1.14. The van der Waals surface area contributed by atoms with Gasteiger partial charge in [-0.15, -0.1) is 22.7 Å². The zero-order valence-electron chi connectivity index (χ0n) is 48.4. The van der Waals surface area contributed by atoms with E-state index in [2.05, 4.69) is 265 Å². The molecule has 540 valence electrons. The number of carbonyl (C=O) groups excluding carboxylic acids is 4. The summed E-state index contributed by atoms with van der Waals surface area (Å²) < 4.78 is 115. The minimum absolute atomic E-state index is 0.0000798. The predicted octanol–water partition coefficient (Wildman–Crippen LogP) is 14.7. The Morgan fingerprint density at radius 2 is 0.980 bits per heavy atom. The van der Waals surface area contributed by atoms with Crippen molar-refractivity contribution in [3.05, 3.63) is 155 Å². The van der Waals surface area contributed by atoms with Gasteiger partial charge in [-0.3, -0.25) is 34.1 Å². The van der Waals surface area contributed by atoms with Gasteiger partial charge in [-0.2, -0.15) is 0 Å². The molecule has 0 aliphatic carbocycles. The number of hydrogen-bond donors (Lipinski definition) is 6. The molecule has 0 atom stereocenters. The summed E-state index contributed by atoms with van der Waals surface area (Å²) in [7, 11) is -17.6. The summed E-state index contributed by atoms with van der Waals surface area (Å²) >= 11 is 46.6. The summed E-state index contributed by atoms with van der Waals surface area (Å²) in [6, 6.07) is 27.8. The van der Waals surface area contributed by atoms with Crippen molar-refractivity contribution >= 4 is 368 Å². The van der Waals surface area contributed by atoms with Crippen LogP contribution in [0.2, 0.25) is 0 Å². The number of hydrogen-bond acceptors (Lipinski definition) is 21. The SMILES string of the molecule is CN(CC(=O)O)C(=O)c1ccccc1S(=O)(=O)C(Br)(Br)Br.Cc1cccc(S(=O)(=O)C(Br)(Br)Br)c1.O=C(Nc1nccs1)c1cccc(S(=O)(=O)C(Br)(Br)Br)c1.O=C(O)CNC(=O)CNC(=O)c1ccccc1S(=O)(=O)C(Br)(Br)Br.O=C(O)c1ccc2sc(S(=O)(=O)C(Br)(Br)Br)nc2c1. The number of alkyl halides is 15. The van der Waals surface area contributed by atoms with Gasteiger partial charge >= 0.3 is 17.9 Å². The number of anilines is 1. The Bertz CT molecular complexity index is 4760. The lowest BCUT2D eigenvalue weighted by atomic mass is 10.2. The number of carboxylic acids is 3. The van der Waals surface area contributed by atoms with Crippen molar-refractivity contribution in [1.82, 2.24) is 25.5 Å². The first kappa shape index (κ1) is 92.1. The number of nitrogens with zero attached hydrogens (tertiary/aromatic N) is 3. The van der Waals surface area contributed by atoms with E-state index in [-0.39, 0.29) is 46.2 Å². The van der Waals surface area contributed by atoms with Crippen LogP contribution >= 0.6 is 262 Å². The molecule has 5 aromatic carbocycles. The molecule has 0 aliphatic heterocycles. The fourth-order valence-corrected chi connectivity index (χ4v) is 21.7. The molecule has 26 nitrogen and oxygen atoms in total. The number of fused-ring (bicyclic) bond motifs is 1. The molecule has 4 amide bonds. The number of carbonyl (C=O) groups is 7. The van der Waals surface area contributed by atoms with Crippen LogP contribution in [0.3, 0.4) is 0 Å². The number of rotatable bonds is 16. The third kappa shape index (κ3) is 26.4. The molecule has 48 heteroatoms. The van der Waals surface area contributed by atoms with Crippen molar-refractivity contribution in [2.45, 2.75) is 38.2 Å². The largest absolute Gasteiger partial charge is 0.480 e. The van der Waals surface area contributed by atoms with Gasteiger partial charge in [0.15, 0.2) is 5.13 Å². The van der Waals surface area contributed by atoms with E-state index in [9.17, 15) is 75.7 Å². The van der Waals surface area contributed by atoms with Crippen LogP contribution < -0.4 is 16.0 Å². The average Bonchev–Trinajstić information content (AvgIpc) is 1.75. The van der Waals surface area contributed by atoms with Crippen LogP contribution in [0.5, 0.6) is 0 Å². The molecule has 7 aromatic rings. The number of halogens is 15. The van der Waals surface area contributed by atoms with Crippen LogP contribution in [-0.2, 0) is 63.6 Å². The lowest BCUT2D eigenvalue weighted by Gasteiger charge is -2.19. The van der Waals surface area contributed by atoms with Crippen LogP contribution in [-0.4, -0.2) is 148 Å². The van der Waals surface area contributed by atoms with E-state index in [1.165, 1.54) is 109 Å². The van der Waals surface area contributed by atoms with Crippen molar-refractivity contribution in [2.75, 3.05) is 32.0 Å². The lowest BCUT2D eigenvalue weighted by molar-refractivity contribution is -0.138. The van der Waals surface area contributed by atoms with E-state index in [0.717, 1.165) is 21.8 Å². The zero-order valence-corrected chi connectivity index (χ0v) is 77.9. The summed E-state index contributed by atoms with van der Waals surface area (Å²) in [5.41, 5.74) is 1.26. The second kappa shape index (κ2) is 38.1. The molecule has 0 aliphatic rings. The first-order valence-corrected chi connectivity index (χ1v) is 46.0. The number of benzene rings is 5. The molecular formula is C51H39Br15N6O20S7. The molecule has 0 radical (unpaired) electrons. The van der Waals surface area contributed by atoms with Crippen molar-refractivity contribution in [3.8, 4) is 0 Å². The van der Waals surface area contributed by atoms with Gasteiger partial charge in [0.1, 0.15) is 13.1 Å². The second-order valence-corrected chi connectivity index (χ2v) is 72.4. The molecule has 99 heavy (non-hydrogen) atoms. The minimum Gasteiger partial charge on any atom is -0.480 e. The average molecular weight is 2480 g/mol. The van der Waals surface area contributed by atoms with Gasteiger partial charge in [0.25, 0.3) is 17.7 Å². The van der Waals surface area contributed by atoms with E-state index < -0.39 is 118 Å². The minimum atomic E-state index is -4.00. The summed E-state index contributed by atoms with van der Waals surface area (Å²) in [5, 5.41) is 35.1. The maximum Gasteiger partial charge on any atom is 0.335 e. The number of aromatic nitrogens is 2. The normalized spacial score (nSPS) is 12.2. The quantitative estimate of drug-likeness (QED) is 0.0489. The highest BCUT2D eigenvalue weighted by Gasteiger charge is 2.43. The summed E-state index contributed by atoms with van der Waals surface area (Å²) in [6.07, 6.45) is 1.57. The van der Waals surface area contributed by atoms with Crippen LogP contribution in [0.1, 0.15) is 47.0 Å². The van der Waals surface area contributed by atoms with Gasteiger partial charge < -0.3 is 30.9 Å². The van der Waals surface area contributed by atoms with E-state index in [1.807, 2.05) is 13.0 Å². The molecule has 6 N–H and O–H groups in total. The summed E-state index contributed by atoms with van der Waals surface area (Å²) in [6.45, 7) is 0.230. The Kier molecular flexibility index (Phi) is 35.4. The molecule has 7 rings (SSSR count). The van der Waals surface area contributed by atoms with Crippen LogP contribution in [0, 0.1) is 6.92 Å². The van der Waals surface area contributed by atoms with Crippen LogP contribution in [0.15, 0.2) is 151 Å². The molecule has 2 aromatic heterocycles. The zero-order chi connectivity index (χ0) is 76.0. The number of nitrogens with one attached hydrogen (secondary N) is 3. The van der Waals surface area contributed by atoms with Gasteiger partial charge in [-0.1, -0.05) is 42.5 Å². The van der Waals surface area contributed by atoms with E-state index >= 15 is 0 Å². The first-order chi connectivity index (χ1) is 45.0. The number of sulfone groups is 5. The maximum absolute atomic E-state index is 12.4. The molecule has 2 heterocycles. The molecule has 0 fully saturated rings. The highest BCUT2D eigenvalue weighted by molar-refractivity contribution is 9.44. The fraction of sp³-hybridized carbons (Fsp3) is 0.196. The number of amides is 4. The smallest absolute Gasteiger partial charge is 0.335 e. The first-order valence-electron chi connectivity index (χ1n) is 25.0. The highest BCUT2D eigenvalue weighted by Crippen LogP contribution is 2.48. The third-order valence-electron chi connectivity index (χ3n) is 11.1. The van der Waals surface area contributed by atoms with Crippen molar-refractivity contribution in [3.63, 3.8) is 0 Å². The van der Waals surface area contributed by atoms with Crippen LogP contribution in [0.25, 0.3) is 10.2 Å². The van der Waals surface area contributed by atoms with Gasteiger partial charge in [0.05, 0.1) is 53.0 Å². The number of likely N-dealkylation sites (N-methyl/N-ethyl adjacent to an activating group) is 1. The number of aliphatic carboxylic acids is 2. The van der Waals surface area contributed by atoms with E-state index in [1.54, 1.807) is 29.8 Å². The third-order valence-corrected chi connectivity index (χ3v) is 39.9. The molecule has 0 bridgehead atoms. The highest BCUT2D eigenvalue weighted by atomic mass is 80.0. The topological polar surface area (TPSA) is 416 Å². The Balaban J connectivity index is 0.000000325. The van der Waals surface area contributed by atoms with Gasteiger partial charge in [0.2, 0.25) is 66.8 Å². The Morgan fingerprint density at radius 3 is 1.43 bits per heavy atom. The van der Waals surface area contributed by atoms with Gasteiger partial charge in [-0.05, 0) is 324 Å². The summed E-state index contributed by atoms with van der Waals surface area (Å²) in [5.74, 6) is -6.15. The standard InChI is InChI=1S/C12H11Br3N2O6S.C11H7Br3N2O3S2.C11H10Br3NO5S.C9H4Br3NO4S2.C8H7Br3O2S/c13-12(14,15)24(22,23)8-4-2-1-3-7(8)11(21)17-5-9(18)16-6-10(19)20;12-11(13,14)21(18,19)8-3-1-2-7(6-8)9(17)16-10-15-4-5-20-10;1-15(6-9(16)17)10(18)7-4-2-3-5-8(7)21(19,20)11(12,13)14;10-9(11,12)19(16,17)8-13-5-3-4(7(14)15)1-2-6(5)18-8;1-6-3-2-4-7(5-6)14(12,13)8(9,10)11/h1-4H,5-6H2,(H,16,18)(H,17,21)(H,19,20);1-6H,(H,15,16,17);2-5H,6H2,1H3,(H,16,17);1-3H,(H,14,15);2-5H,1H3. The molecular weight excluding hydrogens is 2440 g/mol. The number of carboxylic acid groups (broad SMARTS) is 3. The Morgan fingerprint density at radius 1 is 0.505 bits per heavy atom. The Labute approximate surface area is 698 Å². The van der Waals surface area contributed by atoms with Crippen molar-refractivity contribution in [2.24, 2.45) is 0 Å². The van der Waals surface area contributed by atoms with Gasteiger partial charge in [0, 0.05) is 24.2 Å². The number of thiazole rings is 2. The molecule has 0 unspecified atom stereocenters. The predicted molar refractivity (Wildman–Crippen MR) is 428 cm³/mol. The maximum atomic E-state index is 12.4. The van der Waals surface area contributed by atoms with Crippen LogP contribution in [0.4, 0.5) is 5.13 Å². The van der Waals surface area contributed by atoms with E-state index in [4.69, 9.17) is 15.3 Å². The van der Waals surface area contributed by atoms with Crippen molar-refractivity contribution in [1.29, 1.82) is 0 Å².